The molecular weight excluding hydrogens is 313 g/mol. The van der Waals surface area contributed by atoms with Gasteiger partial charge in [0.05, 0.1) is 18.8 Å². The highest BCUT2D eigenvalue weighted by Gasteiger charge is 2.20. The summed E-state index contributed by atoms with van der Waals surface area (Å²) < 4.78 is 20.0. The molecule has 127 valence electrons. The van der Waals surface area contributed by atoms with E-state index in [1.54, 1.807) is 7.11 Å². The largest absolute Gasteiger partial charge is 0.497 e. The van der Waals surface area contributed by atoms with Crippen molar-refractivity contribution in [2.45, 2.75) is 19.3 Å². The Morgan fingerprint density at radius 2 is 1.96 bits per heavy atom. The second kappa shape index (κ2) is 7.47. The number of rotatable bonds is 5. The number of fused-ring (bicyclic) bond motifs is 1. The number of pyridine rings is 1. The smallest absolute Gasteiger partial charge is 0.145 e. The summed E-state index contributed by atoms with van der Waals surface area (Å²) in [5.74, 6) is 0.233. The fraction of sp³-hybridized carbons (Fsp3) is 0.182. The summed E-state index contributed by atoms with van der Waals surface area (Å²) >= 11 is 0. The van der Waals surface area contributed by atoms with Crippen molar-refractivity contribution >= 4 is 17.0 Å². The number of benzene rings is 2. The number of halogens is 1. The van der Waals surface area contributed by atoms with Gasteiger partial charge in [-0.15, -0.1) is 0 Å². The van der Waals surface area contributed by atoms with Crippen LogP contribution in [-0.4, -0.2) is 12.1 Å². The van der Waals surface area contributed by atoms with Gasteiger partial charge in [0, 0.05) is 16.9 Å². The van der Waals surface area contributed by atoms with E-state index in [2.05, 4.69) is 11.9 Å². The molecule has 0 saturated heterocycles. The van der Waals surface area contributed by atoms with E-state index in [0.717, 1.165) is 22.0 Å². The fourth-order valence-corrected chi connectivity index (χ4v) is 3.16. The Kier molecular flexibility index (Phi) is 5.13. The van der Waals surface area contributed by atoms with Crippen molar-refractivity contribution in [1.29, 1.82) is 0 Å². The second-order valence-electron chi connectivity index (χ2n) is 5.91. The average molecular weight is 334 g/mol. The maximum absolute atomic E-state index is 14.7. The van der Waals surface area contributed by atoms with E-state index >= 15 is 0 Å². The van der Waals surface area contributed by atoms with Gasteiger partial charge in [0.25, 0.3) is 0 Å². The van der Waals surface area contributed by atoms with Crippen molar-refractivity contribution in [3.63, 3.8) is 0 Å². The molecule has 0 aliphatic carbocycles. The van der Waals surface area contributed by atoms with Gasteiger partial charge in [-0.2, -0.15) is 0 Å². The number of hydrogen-bond acceptors (Lipinski definition) is 2. The number of hydrogen-bond donors (Lipinski definition) is 0. The number of aromatic nitrogens is 1. The molecule has 0 aliphatic rings. The molecule has 3 heteroatoms. The summed E-state index contributed by atoms with van der Waals surface area (Å²) in [5, 5.41) is 0.769. The maximum Gasteiger partial charge on any atom is 0.145 e. The van der Waals surface area contributed by atoms with Crippen LogP contribution in [0.2, 0.25) is 0 Å². The maximum atomic E-state index is 14.7. The van der Waals surface area contributed by atoms with E-state index in [9.17, 15) is 4.39 Å². The molecule has 25 heavy (non-hydrogen) atoms. The zero-order valence-corrected chi connectivity index (χ0v) is 14.5. The molecule has 0 amide bonds. The third-order valence-corrected chi connectivity index (χ3v) is 4.40. The van der Waals surface area contributed by atoms with Gasteiger partial charge in [0.15, 0.2) is 0 Å². The third-order valence-electron chi connectivity index (χ3n) is 4.40. The van der Waals surface area contributed by atoms with Crippen LogP contribution in [0.5, 0.6) is 5.75 Å². The molecule has 3 aromatic rings. The number of nitrogens with zero attached hydrogens (tertiary/aromatic N) is 1. The Hall–Kier alpha value is -2.68. The van der Waals surface area contributed by atoms with E-state index in [-0.39, 0.29) is 11.7 Å². The Morgan fingerprint density at radius 1 is 1.20 bits per heavy atom. The highest BCUT2D eigenvalue weighted by molar-refractivity contribution is 5.84. The average Bonchev–Trinajstić information content (AvgIpc) is 2.65. The SMILES string of the molecule is [CH2]CC(c1ccc(/C=C/C)cc1)c1c(F)cnc2ccc(OC)cc12. The molecule has 1 heterocycles. The molecule has 0 N–H and O–H groups in total. The third kappa shape index (κ3) is 3.41. The zero-order chi connectivity index (χ0) is 17.8. The molecule has 1 atom stereocenters. The summed E-state index contributed by atoms with van der Waals surface area (Å²) in [7, 11) is 1.60. The van der Waals surface area contributed by atoms with E-state index in [4.69, 9.17) is 4.74 Å². The van der Waals surface area contributed by atoms with Crippen molar-refractivity contribution < 1.29 is 9.13 Å². The standard InChI is InChI=1S/C22H21FNO/c1-4-6-15-7-9-16(10-8-15)18(5-2)22-19-13-17(25-3)11-12-21(19)24-14-20(22)23/h4,6-14,18H,2,5H2,1,3H3/b6-4+. The van der Waals surface area contributed by atoms with Gasteiger partial charge in [-0.1, -0.05) is 43.3 Å². The summed E-state index contributed by atoms with van der Waals surface area (Å²) in [6.07, 6.45) is 5.88. The molecule has 1 unspecified atom stereocenters. The molecule has 3 rings (SSSR count). The molecule has 0 aliphatic heterocycles. The van der Waals surface area contributed by atoms with Crippen molar-refractivity contribution in [3.8, 4) is 5.75 Å². The van der Waals surface area contributed by atoms with Crippen molar-refractivity contribution in [2.75, 3.05) is 7.11 Å². The van der Waals surface area contributed by atoms with Crippen LogP contribution in [0.15, 0.2) is 54.7 Å². The first-order chi connectivity index (χ1) is 12.2. The summed E-state index contributed by atoms with van der Waals surface area (Å²) in [6, 6.07) is 13.7. The second-order valence-corrected chi connectivity index (χ2v) is 5.91. The number of ether oxygens (including phenoxy) is 1. The quantitative estimate of drug-likeness (QED) is 0.591. The Morgan fingerprint density at radius 3 is 2.60 bits per heavy atom. The summed E-state index contributed by atoms with van der Waals surface area (Å²) in [6.45, 7) is 6.04. The van der Waals surface area contributed by atoms with Crippen molar-refractivity contribution in [1.82, 2.24) is 4.98 Å². The van der Waals surface area contributed by atoms with Gasteiger partial charge in [0.1, 0.15) is 11.6 Å². The Balaban J connectivity index is 2.15. The molecule has 2 nitrogen and oxygen atoms in total. The van der Waals surface area contributed by atoms with E-state index < -0.39 is 0 Å². The van der Waals surface area contributed by atoms with Crippen LogP contribution in [-0.2, 0) is 0 Å². The molecular formula is C22H21FNO. The predicted molar refractivity (Wildman–Crippen MR) is 101 cm³/mol. The Bertz CT molecular complexity index is 900. The molecule has 1 aromatic heterocycles. The van der Waals surface area contributed by atoms with Crippen LogP contribution in [0.4, 0.5) is 4.39 Å². The first-order valence-electron chi connectivity index (χ1n) is 8.32. The predicted octanol–water partition coefficient (Wildman–Crippen LogP) is 5.77. The van der Waals surface area contributed by atoms with Gasteiger partial charge in [-0.05, 0) is 42.7 Å². The van der Waals surface area contributed by atoms with Gasteiger partial charge >= 0.3 is 0 Å². The van der Waals surface area contributed by atoms with Crippen LogP contribution in [0.25, 0.3) is 17.0 Å². The molecule has 0 fully saturated rings. The van der Waals surface area contributed by atoms with Crippen LogP contribution in [0.3, 0.4) is 0 Å². The van der Waals surface area contributed by atoms with E-state index in [1.807, 2.05) is 61.5 Å². The first kappa shape index (κ1) is 17.2. The summed E-state index contributed by atoms with van der Waals surface area (Å²) in [4.78, 5) is 4.21. The molecule has 0 spiro atoms. The topological polar surface area (TPSA) is 22.1 Å². The van der Waals surface area contributed by atoms with Crippen LogP contribution in [0, 0.1) is 12.7 Å². The first-order valence-corrected chi connectivity index (χ1v) is 8.32. The number of methoxy groups -OCH3 is 1. The fourth-order valence-electron chi connectivity index (χ4n) is 3.16. The summed E-state index contributed by atoms with van der Waals surface area (Å²) in [5.41, 5.74) is 3.53. The van der Waals surface area contributed by atoms with Crippen molar-refractivity contribution in [2.24, 2.45) is 0 Å². The zero-order valence-electron chi connectivity index (χ0n) is 14.5. The van der Waals surface area contributed by atoms with Gasteiger partial charge in [-0.25, -0.2) is 4.39 Å². The van der Waals surface area contributed by atoms with Gasteiger partial charge in [-0.3, -0.25) is 4.98 Å². The lowest BCUT2D eigenvalue weighted by Gasteiger charge is -2.19. The minimum absolute atomic E-state index is 0.141. The molecule has 0 bridgehead atoms. The minimum atomic E-state index is -0.313. The normalized spacial score (nSPS) is 12.6. The highest BCUT2D eigenvalue weighted by atomic mass is 19.1. The lowest BCUT2D eigenvalue weighted by molar-refractivity contribution is 0.415. The highest BCUT2D eigenvalue weighted by Crippen LogP contribution is 2.35. The van der Waals surface area contributed by atoms with E-state index in [0.29, 0.717) is 17.7 Å². The monoisotopic (exact) mass is 334 g/mol. The molecule has 0 saturated carbocycles. The van der Waals surface area contributed by atoms with Gasteiger partial charge in [0.2, 0.25) is 0 Å². The lowest BCUT2D eigenvalue weighted by Crippen LogP contribution is -2.05. The van der Waals surface area contributed by atoms with Gasteiger partial charge < -0.3 is 4.74 Å². The minimum Gasteiger partial charge on any atom is -0.497 e. The van der Waals surface area contributed by atoms with E-state index in [1.165, 1.54) is 6.20 Å². The van der Waals surface area contributed by atoms with Crippen molar-refractivity contribution in [3.05, 3.63) is 84.2 Å². The Labute approximate surface area is 148 Å². The number of allylic oxidation sites excluding steroid dienone is 1. The van der Waals surface area contributed by atoms with Crippen LogP contribution >= 0.6 is 0 Å². The lowest BCUT2D eigenvalue weighted by atomic mass is 9.86. The molecule has 1 radical (unpaired) electrons. The van der Waals surface area contributed by atoms with Crippen LogP contribution < -0.4 is 4.74 Å². The van der Waals surface area contributed by atoms with Crippen LogP contribution in [0.1, 0.15) is 36.0 Å². The molecule has 2 aromatic carbocycles.